The van der Waals surface area contributed by atoms with Crippen molar-refractivity contribution in [2.45, 2.75) is 90.6 Å². The van der Waals surface area contributed by atoms with Gasteiger partial charge in [0.05, 0.1) is 0 Å². The number of halogens is 2. The van der Waals surface area contributed by atoms with Gasteiger partial charge in [-0.3, -0.25) is 0 Å². The van der Waals surface area contributed by atoms with Crippen molar-refractivity contribution in [3.8, 4) is 0 Å². The summed E-state index contributed by atoms with van der Waals surface area (Å²) in [5.74, 6) is 0. The van der Waals surface area contributed by atoms with Crippen LogP contribution in [0, 0.1) is 0 Å². The van der Waals surface area contributed by atoms with E-state index >= 15 is 0 Å². The summed E-state index contributed by atoms with van der Waals surface area (Å²) in [5, 5.41) is 0. The van der Waals surface area contributed by atoms with Gasteiger partial charge in [0.25, 0.3) is 5.66 Å². The van der Waals surface area contributed by atoms with Crippen molar-refractivity contribution in [3.63, 3.8) is 0 Å². The molecule has 0 aliphatic rings. The zero-order chi connectivity index (χ0) is 18.6. The molecular formula is C20H36F2NP. The summed E-state index contributed by atoms with van der Waals surface area (Å²) < 4.78 is 26.2. The van der Waals surface area contributed by atoms with Crippen molar-refractivity contribution in [3.05, 3.63) is 35.1 Å². The minimum atomic E-state index is -2.70. The normalized spacial score (nSPS) is 13.8. The highest BCUT2D eigenvalue weighted by Crippen LogP contribution is 2.32. The van der Waals surface area contributed by atoms with Gasteiger partial charge in [-0.15, -0.1) is 0 Å². The number of rotatable bonds is 13. The van der Waals surface area contributed by atoms with Gasteiger partial charge in [-0.1, -0.05) is 59.7 Å². The Balaban J connectivity index is 4.58. The molecule has 24 heavy (non-hydrogen) atoms. The van der Waals surface area contributed by atoms with E-state index in [1.165, 1.54) is 18.4 Å². The number of nitrogens with two attached hydrogens (primary N) is 1. The maximum absolute atomic E-state index is 13.1. The average Bonchev–Trinajstić information content (AvgIpc) is 2.51. The van der Waals surface area contributed by atoms with Crippen LogP contribution in [0.15, 0.2) is 35.1 Å². The van der Waals surface area contributed by atoms with Crippen LogP contribution in [0.3, 0.4) is 0 Å². The minimum absolute atomic E-state index is 0.144. The first kappa shape index (κ1) is 23.3. The van der Waals surface area contributed by atoms with E-state index in [1.54, 1.807) is 9.24 Å². The molecule has 0 amide bonds. The van der Waals surface area contributed by atoms with Crippen LogP contribution in [0.25, 0.3) is 0 Å². The van der Waals surface area contributed by atoms with E-state index in [0.29, 0.717) is 6.42 Å². The molecule has 1 atom stereocenters. The Hall–Kier alpha value is -0.690. The summed E-state index contributed by atoms with van der Waals surface area (Å²) in [4.78, 5) is 0. The molecule has 0 radical (unpaired) electrons. The molecule has 1 unspecified atom stereocenters. The maximum atomic E-state index is 13.1. The monoisotopic (exact) mass is 359 g/mol. The molecule has 0 saturated carbocycles. The molecule has 0 aliphatic heterocycles. The summed E-state index contributed by atoms with van der Waals surface area (Å²) in [5.41, 5.74) is 7.56. The van der Waals surface area contributed by atoms with Crippen LogP contribution in [0.4, 0.5) is 8.78 Å². The zero-order valence-electron chi connectivity index (χ0n) is 15.8. The molecule has 4 heteroatoms. The molecule has 1 nitrogen and oxygen atoms in total. The highest BCUT2D eigenvalue weighted by Gasteiger charge is 2.21. The summed E-state index contributed by atoms with van der Waals surface area (Å²) in [6.45, 7) is 10.3. The lowest BCUT2D eigenvalue weighted by molar-refractivity contribution is 0.0944. The molecule has 0 aliphatic carbocycles. The van der Waals surface area contributed by atoms with Crippen molar-refractivity contribution in [1.29, 1.82) is 0 Å². The lowest BCUT2D eigenvalue weighted by Gasteiger charge is -2.15. The van der Waals surface area contributed by atoms with Crippen molar-refractivity contribution >= 4 is 9.24 Å². The van der Waals surface area contributed by atoms with Crippen LogP contribution in [-0.4, -0.2) is 5.66 Å². The number of hydrogen-bond acceptors (Lipinski definition) is 1. The van der Waals surface area contributed by atoms with Gasteiger partial charge in [0.1, 0.15) is 0 Å². The van der Waals surface area contributed by atoms with Gasteiger partial charge in [-0.25, -0.2) is 8.78 Å². The van der Waals surface area contributed by atoms with Gasteiger partial charge in [0.15, 0.2) is 0 Å². The second-order valence-corrected chi connectivity index (χ2v) is 7.49. The van der Waals surface area contributed by atoms with E-state index < -0.39 is 5.66 Å². The van der Waals surface area contributed by atoms with Crippen LogP contribution >= 0.6 is 9.24 Å². The van der Waals surface area contributed by atoms with Crippen LogP contribution in [0.5, 0.6) is 0 Å². The third-order valence-electron chi connectivity index (χ3n) is 4.26. The fourth-order valence-corrected chi connectivity index (χ4v) is 2.78. The van der Waals surface area contributed by atoms with Crippen molar-refractivity contribution < 1.29 is 8.78 Å². The number of alkyl halides is 2. The third kappa shape index (κ3) is 11.8. The average molecular weight is 359 g/mol. The minimum Gasteiger partial charge on any atom is -0.399 e. The number of unbranched alkanes of at least 4 members (excludes halogenated alkanes) is 2. The van der Waals surface area contributed by atoms with E-state index in [1.807, 2.05) is 13.0 Å². The third-order valence-corrected chi connectivity index (χ3v) is 4.55. The van der Waals surface area contributed by atoms with Crippen molar-refractivity contribution in [2.75, 3.05) is 0 Å². The van der Waals surface area contributed by atoms with Crippen LogP contribution in [-0.2, 0) is 0 Å². The quantitative estimate of drug-likeness (QED) is 0.161. The van der Waals surface area contributed by atoms with Gasteiger partial charge >= 0.3 is 0 Å². The van der Waals surface area contributed by atoms with Crippen LogP contribution in [0.2, 0.25) is 0 Å². The standard InChI is InChI=1S/C20H36F2NP/c1-5-7-11-16(3)12-8-9-13-19(23)17(4)18(10-6-2)14-15-20(21,22)24/h13H,3,5-12,14-15,23-24H2,1-2,4H3/b18-17+,19-13+. The fourth-order valence-electron chi connectivity index (χ4n) is 2.64. The molecule has 140 valence electrons. The molecule has 0 aromatic rings. The fraction of sp³-hybridized carbons (Fsp3) is 0.700. The molecule has 0 saturated heterocycles. The second-order valence-electron chi connectivity index (χ2n) is 6.64. The maximum Gasteiger partial charge on any atom is 0.259 e. The first-order chi connectivity index (χ1) is 11.2. The highest BCUT2D eigenvalue weighted by molar-refractivity contribution is 7.18. The molecule has 2 N–H and O–H groups in total. The summed E-state index contributed by atoms with van der Waals surface area (Å²) in [6, 6.07) is 0. The number of hydrogen-bond donors (Lipinski definition) is 1. The van der Waals surface area contributed by atoms with Gasteiger partial charge in [-0.05, 0) is 57.4 Å². The lowest BCUT2D eigenvalue weighted by Crippen LogP contribution is -2.07. The molecule has 0 aromatic heterocycles. The SMILES string of the molecule is C=C(CCCC)CCC/C=C(N)\C(C)=C(/CCC)CCC(F)(F)P. The Bertz CT molecular complexity index is 433. The highest BCUT2D eigenvalue weighted by atomic mass is 31.0. The molecular weight excluding hydrogens is 323 g/mol. The predicted molar refractivity (Wildman–Crippen MR) is 106 cm³/mol. The molecule has 0 aromatic carbocycles. The zero-order valence-corrected chi connectivity index (χ0v) is 16.9. The smallest absolute Gasteiger partial charge is 0.259 e. The van der Waals surface area contributed by atoms with Gasteiger partial charge in [0.2, 0.25) is 0 Å². The van der Waals surface area contributed by atoms with Gasteiger partial charge < -0.3 is 5.73 Å². The Morgan fingerprint density at radius 1 is 1.08 bits per heavy atom. The van der Waals surface area contributed by atoms with Crippen molar-refractivity contribution in [2.24, 2.45) is 5.73 Å². The lowest BCUT2D eigenvalue weighted by atomic mass is 9.97. The van der Waals surface area contributed by atoms with Crippen LogP contribution < -0.4 is 5.73 Å². The van der Waals surface area contributed by atoms with E-state index in [-0.39, 0.29) is 6.42 Å². The molecule has 0 spiro atoms. The Morgan fingerprint density at radius 3 is 2.25 bits per heavy atom. The largest absolute Gasteiger partial charge is 0.399 e. The first-order valence-electron chi connectivity index (χ1n) is 9.19. The van der Waals surface area contributed by atoms with E-state index in [4.69, 9.17) is 5.73 Å². The first-order valence-corrected chi connectivity index (χ1v) is 9.77. The predicted octanol–water partition coefficient (Wildman–Crippen LogP) is 7.11. The Morgan fingerprint density at radius 2 is 1.71 bits per heavy atom. The van der Waals surface area contributed by atoms with E-state index in [0.717, 1.165) is 55.4 Å². The Labute approximate surface area is 150 Å². The van der Waals surface area contributed by atoms with Crippen molar-refractivity contribution in [1.82, 2.24) is 0 Å². The summed E-state index contributed by atoms with van der Waals surface area (Å²) in [6.07, 6.45) is 10.6. The van der Waals surface area contributed by atoms with E-state index in [9.17, 15) is 8.78 Å². The number of allylic oxidation sites excluding steroid dienone is 4. The van der Waals surface area contributed by atoms with Crippen LogP contribution in [0.1, 0.15) is 85.0 Å². The Kier molecular flexibility index (Phi) is 12.3. The molecule has 0 rings (SSSR count). The van der Waals surface area contributed by atoms with E-state index in [2.05, 4.69) is 20.4 Å². The van der Waals surface area contributed by atoms with Gasteiger partial charge in [0, 0.05) is 12.1 Å². The molecule has 0 fully saturated rings. The topological polar surface area (TPSA) is 26.0 Å². The summed E-state index contributed by atoms with van der Waals surface area (Å²) >= 11 is 0. The van der Waals surface area contributed by atoms with Gasteiger partial charge in [-0.2, -0.15) is 0 Å². The second kappa shape index (κ2) is 12.6. The summed E-state index contributed by atoms with van der Waals surface area (Å²) in [7, 11) is 1.62. The molecule has 0 heterocycles. The molecule has 0 bridgehead atoms.